The van der Waals surface area contributed by atoms with Gasteiger partial charge in [-0.3, -0.25) is 4.79 Å². The first-order chi connectivity index (χ1) is 9.22. The zero-order valence-electron chi connectivity index (χ0n) is 11.3. The average molecular weight is 256 g/mol. The van der Waals surface area contributed by atoms with Gasteiger partial charge in [-0.05, 0) is 36.8 Å². The SMILES string of the molecule is CCC1(CNC(=O)c2cc3ccccc3[nH]2)CCC1. The van der Waals surface area contributed by atoms with Crippen LogP contribution in [-0.2, 0) is 0 Å². The Morgan fingerprint density at radius 3 is 2.79 bits per heavy atom. The summed E-state index contributed by atoms with van der Waals surface area (Å²) >= 11 is 0. The van der Waals surface area contributed by atoms with Crippen molar-refractivity contribution in [3.05, 3.63) is 36.0 Å². The van der Waals surface area contributed by atoms with Gasteiger partial charge >= 0.3 is 0 Å². The third kappa shape index (κ3) is 2.25. The normalized spacial score (nSPS) is 17.1. The summed E-state index contributed by atoms with van der Waals surface area (Å²) in [6, 6.07) is 9.89. The molecule has 2 N–H and O–H groups in total. The molecular formula is C16H20N2O. The number of nitrogens with one attached hydrogen (secondary N) is 2. The Labute approximate surface area is 113 Å². The molecule has 0 radical (unpaired) electrons. The molecule has 100 valence electrons. The van der Waals surface area contributed by atoms with Gasteiger partial charge in [-0.15, -0.1) is 0 Å². The molecule has 1 aliphatic rings. The first-order valence-electron chi connectivity index (χ1n) is 7.08. The molecule has 0 atom stereocenters. The maximum absolute atomic E-state index is 12.2. The van der Waals surface area contributed by atoms with Crippen LogP contribution in [0.25, 0.3) is 10.9 Å². The van der Waals surface area contributed by atoms with Crippen LogP contribution >= 0.6 is 0 Å². The fourth-order valence-corrected chi connectivity index (χ4v) is 2.89. The molecule has 3 rings (SSSR count). The van der Waals surface area contributed by atoms with E-state index in [0.29, 0.717) is 11.1 Å². The van der Waals surface area contributed by atoms with Crippen LogP contribution in [0.4, 0.5) is 0 Å². The molecule has 2 aromatic rings. The lowest BCUT2D eigenvalue weighted by atomic mass is 9.67. The predicted octanol–water partition coefficient (Wildman–Crippen LogP) is 3.48. The number of aromatic amines is 1. The molecule has 0 unspecified atom stereocenters. The highest BCUT2D eigenvalue weighted by molar-refractivity contribution is 5.97. The lowest BCUT2D eigenvalue weighted by Gasteiger charge is -2.41. The Bertz CT molecular complexity index is 557. The Morgan fingerprint density at radius 1 is 1.37 bits per heavy atom. The first-order valence-corrected chi connectivity index (χ1v) is 7.08. The van der Waals surface area contributed by atoms with Crippen molar-refractivity contribution in [3.63, 3.8) is 0 Å². The Hall–Kier alpha value is -1.77. The van der Waals surface area contributed by atoms with Crippen LogP contribution in [-0.4, -0.2) is 17.4 Å². The van der Waals surface area contributed by atoms with Crippen molar-refractivity contribution in [2.45, 2.75) is 32.6 Å². The number of rotatable bonds is 4. The first kappa shape index (κ1) is 12.3. The van der Waals surface area contributed by atoms with Crippen LogP contribution in [0.5, 0.6) is 0 Å². The maximum Gasteiger partial charge on any atom is 0.267 e. The predicted molar refractivity (Wildman–Crippen MR) is 77.2 cm³/mol. The smallest absolute Gasteiger partial charge is 0.267 e. The highest BCUT2D eigenvalue weighted by Crippen LogP contribution is 2.43. The molecule has 1 aliphatic carbocycles. The van der Waals surface area contributed by atoms with Gasteiger partial charge in [-0.25, -0.2) is 0 Å². The summed E-state index contributed by atoms with van der Waals surface area (Å²) in [6.07, 6.45) is 4.95. The van der Waals surface area contributed by atoms with Gasteiger partial charge in [-0.2, -0.15) is 0 Å². The molecule has 1 aromatic heterocycles. The average Bonchev–Trinajstić information content (AvgIpc) is 2.81. The molecule has 3 nitrogen and oxygen atoms in total. The molecule has 0 aliphatic heterocycles. The fourth-order valence-electron chi connectivity index (χ4n) is 2.89. The number of aromatic nitrogens is 1. The van der Waals surface area contributed by atoms with E-state index in [1.165, 1.54) is 19.3 Å². The van der Waals surface area contributed by atoms with Crippen molar-refractivity contribution in [3.8, 4) is 0 Å². The summed E-state index contributed by atoms with van der Waals surface area (Å²) in [6.45, 7) is 3.02. The van der Waals surface area contributed by atoms with Crippen molar-refractivity contribution in [1.82, 2.24) is 10.3 Å². The number of carbonyl (C=O) groups is 1. The summed E-state index contributed by atoms with van der Waals surface area (Å²) in [7, 11) is 0. The summed E-state index contributed by atoms with van der Waals surface area (Å²) in [5.74, 6) is 0.0101. The zero-order valence-corrected chi connectivity index (χ0v) is 11.3. The van der Waals surface area contributed by atoms with E-state index < -0.39 is 0 Å². The van der Waals surface area contributed by atoms with Gasteiger partial charge < -0.3 is 10.3 Å². The number of hydrogen-bond donors (Lipinski definition) is 2. The third-order valence-corrected chi connectivity index (χ3v) is 4.56. The van der Waals surface area contributed by atoms with Crippen LogP contribution in [0.2, 0.25) is 0 Å². The van der Waals surface area contributed by atoms with E-state index in [2.05, 4.69) is 17.2 Å². The van der Waals surface area contributed by atoms with Crippen LogP contribution in [0.15, 0.2) is 30.3 Å². The minimum atomic E-state index is 0.0101. The highest BCUT2D eigenvalue weighted by atomic mass is 16.1. The van der Waals surface area contributed by atoms with E-state index in [1.54, 1.807) is 0 Å². The maximum atomic E-state index is 12.2. The quantitative estimate of drug-likeness (QED) is 0.864. The summed E-state index contributed by atoms with van der Waals surface area (Å²) in [4.78, 5) is 15.3. The molecular weight excluding hydrogens is 236 g/mol. The molecule has 1 heterocycles. The van der Waals surface area contributed by atoms with Crippen molar-refractivity contribution in [2.75, 3.05) is 6.54 Å². The van der Waals surface area contributed by atoms with E-state index in [1.807, 2.05) is 30.3 Å². The Morgan fingerprint density at radius 2 is 2.16 bits per heavy atom. The fraction of sp³-hybridized carbons (Fsp3) is 0.438. The second-order valence-corrected chi connectivity index (χ2v) is 5.66. The van der Waals surface area contributed by atoms with E-state index in [4.69, 9.17) is 0 Å². The number of carbonyl (C=O) groups excluding carboxylic acids is 1. The lowest BCUT2D eigenvalue weighted by molar-refractivity contribution is 0.0846. The molecule has 1 fully saturated rings. The lowest BCUT2D eigenvalue weighted by Crippen LogP contribution is -2.41. The van der Waals surface area contributed by atoms with Crippen molar-refractivity contribution in [1.29, 1.82) is 0 Å². The number of para-hydroxylation sites is 1. The zero-order chi connectivity index (χ0) is 13.3. The summed E-state index contributed by atoms with van der Waals surface area (Å²) in [5.41, 5.74) is 2.04. The van der Waals surface area contributed by atoms with E-state index in [9.17, 15) is 4.79 Å². The van der Waals surface area contributed by atoms with Gasteiger partial charge in [-0.1, -0.05) is 31.5 Å². The third-order valence-electron chi connectivity index (χ3n) is 4.56. The van der Waals surface area contributed by atoms with Gasteiger partial charge in [0.2, 0.25) is 0 Å². The highest BCUT2D eigenvalue weighted by Gasteiger charge is 2.35. The number of benzene rings is 1. The Kier molecular flexibility index (Phi) is 3.05. The minimum absolute atomic E-state index is 0.0101. The summed E-state index contributed by atoms with van der Waals surface area (Å²) < 4.78 is 0. The molecule has 0 spiro atoms. The number of fused-ring (bicyclic) bond motifs is 1. The molecule has 0 saturated heterocycles. The molecule has 0 bridgehead atoms. The van der Waals surface area contributed by atoms with E-state index >= 15 is 0 Å². The summed E-state index contributed by atoms with van der Waals surface area (Å²) in [5, 5.41) is 4.17. The van der Waals surface area contributed by atoms with Crippen LogP contribution < -0.4 is 5.32 Å². The largest absolute Gasteiger partial charge is 0.351 e. The molecule has 1 amide bonds. The van der Waals surface area contributed by atoms with Gasteiger partial charge in [0.15, 0.2) is 0 Å². The van der Waals surface area contributed by atoms with Crippen LogP contribution in [0, 0.1) is 5.41 Å². The van der Waals surface area contributed by atoms with Crippen molar-refractivity contribution < 1.29 is 4.79 Å². The number of amides is 1. The Balaban J connectivity index is 1.70. The standard InChI is InChI=1S/C16H20N2O/c1-2-16(8-5-9-16)11-17-15(19)14-10-12-6-3-4-7-13(12)18-14/h3-4,6-7,10,18H,2,5,8-9,11H2,1H3,(H,17,19). The monoisotopic (exact) mass is 256 g/mol. The van der Waals surface area contributed by atoms with E-state index in [0.717, 1.165) is 23.9 Å². The second kappa shape index (κ2) is 4.72. The van der Waals surface area contributed by atoms with Crippen LogP contribution in [0.3, 0.4) is 0 Å². The second-order valence-electron chi connectivity index (χ2n) is 5.66. The molecule has 3 heteroatoms. The van der Waals surface area contributed by atoms with Gasteiger partial charge in [0.05, 0.1) is 0 Å². The topological polar surface area (TPSA) is 44.9 Å². The van der Waals surface area contributed by atoms with Crippen molar-refractivity contribution in [2.24, 2.45) is 5.41 Å². The van der Waals surface area contributed by atoms with Gasteiger partial charge in [0.25, 0.3) is 5.91 Å². The molecule has 1 saturated carbocycles. The molecule has 1 aromatic carbocycles. The van der Waals surface area contributed by atoms with Gasteiger partial charge in [0, 0.05) is 17.4 Å². The van der Waals surface area contributed by atoms with Crippen molar-refractivity contribution >= 4 is 16.8 Å². The number of hydrogen-bond acceptors (Lipinski definition) is 1. The van der Waals surface area contributed by atoms with E-state index in [-0.39, 0.29) is 5.91 Å². The van der Waals surface area contributed by atoms with Crippen LogP contribution in [0.1, 0.15) is 43.1 Å². The minimum Gasteiger partial charge on any atom is -0.351 e. The molecule has 19 heavy (non-hydrogen) atoms. The number of H-pyrrole nitrogens is 1. The van der Waals surface area contributed by atoms with Gasteiger partial charge in [0.1, 0.15) is 5.69 Å².